The Bertz CT molecular complexity index is 823. The molecule has 3 rings (SSSR count). The molecular formula is C21H27N3O3S2. The van der Waals surface area contributed by atoms with Crippen molar-refractivity contribution in [2.45, 2.75) is 26.7 Å². The summed E-state index contributed by atoms with van der Waals surface area (Å²) in [6.45, 7) is 6.43. The number of anilines is 1. The molecule has 1 atom stereocenters. The van der Waals surface area contributed by atoms with Crippen LogP contribution in [0.25, 0.3) is 11.3 Å². The summed E-state index contributed by atoms with van der Waals surface area (Å²) in [5.41, 5.74) is 1.79. The number of benzene rings is 1. The summed E-state index contributed by atoms with van der Waals surface area (Å²) in [7, 11) is 0. The van der Waals surface area contributed by atoms with Crippen LogP contribution in [0.15, 0.2) is 29.6 Å². The number of amides is 2. The van der Waals surface area contributed by atoms with Gasteiger partial charge in [0.05, 0.1) is 23.8 Å². The SMILES string of the molecule is CCOc1ccc(-c2csc(NC(=O)CSCC(=O)N3CCCC(C)C3)n2)cc1. The van der Waals surface area contributed by atoms with E-state index in [9.17, 15) is 9.59 Å². The minimum atomic E-state index is -0.137. The molecule has 1 aliphatic heterocycles. The van der Waals surface area contributed by atoms with Gasteiger partial charge in [0.2, 0.25) is 11.8 Å². The van der Waals surface area contributed by atoms with Gasteiger partial charge in [-0.2, -0.15) is 0 Å². The Morgan fingerprint density at radius 3 is 2.83 bits per heavy atom. The first-order chi connectivity index (χ1) is 14.0. The molecule has 1 aliphatic rings. The van der Waals surface area contributed by atoms with Crippen molar-refractivity contribution in [2.75, 3.05) is 36.5 Å². The predicted octanol–water partition coefficient (Wildman–Crippen LogP) is 4.14. The third-order valence-corrected chi connectivity index (χ3v) is 6.36. The van der Waals surface area contributed by atoms with Crippen molar-refractivity contribution < 1.29 is 14.3 Å². The van der Waals surface area contributed by atoms with Gasteiger partial charge in [0.25, 0.3) is 0 Å². The molecule has 2 heterocycles. The number of hydrogen-bond acceptors (Lipinski definition) is 6. The van der Waals surface area contributed by atoms with Crippen molar-refractivity contribution in [1.29, 1.82) is 0 Å². The van der Waals surface area contributed by atoms with Crippen LogP contribution in [0.2, 0.25) is 0 Å². The molecule has 0 spiro atoms. The molecule has 1 saturated heterocycles. The van der Waals surface area contributed by atoms with Gasteiger partial charge in [-0.25, -0.2) is 4.98 Å². The Balaban J connectivity index is 1.43. The van der Waals surface area contributed by atoms with Crippen LogP contribution in [0.5, 0.6) is 5.75 Å². The van der Waals surface area contributed by atoms with Crippen molar-refractivity contribution >= 4 is 40.0 Å². The molecule has 2 aromatic rings. The maximum Gasteiger partial charge on any atom is 0.236 e. The van der Waals surface area contributed by atoms with Crippen LogP contribution in [0.4, 0.5) is 5.13 Å². The number of nitrogens with one attached hydrogen (secondary N) is 1. The molecule has 1 N–H and O–H groups in total. The molecule has 0 saturated carbocycles. The minimum absolute atomic E-state index is 0.126. The lowest BCUT2D eigenvalue weighted by molar-refractivity contribution is -0.130. The number of ether oxygens (including phenoxy) is 1. The number of likely N-dealkylation sites (tertiary alicyclic amines) is 1. The average molecular weight is 434 g/mol. The summed E-state index contributed by atoms with van der Waals surface area (Å²) < 4.78 is 5.45. The van der Waals surface area contributed by atoms with E-state index in [-0.39, 0.29) is 17.6 Å². The lowest BCUT2D eigenvalue weighted by atomic mass is 10.0. The molecule has 1 aromatic carbocycles. The van der Waals surface area contributed by atoms with Crippen LogP contribution in [-0.2, 0) is 9.59 Å². The summed E-state index contributed by atoms with van der Waals surface area (Å²) in [6, 6.07) is 7.73. The lowest BCUT2D eigenvalue weighted by Gasteiger charge is -2.30. The van der Waals surface area contributed by atoms with Gasteiger partial charge in [-0.15, -0.1) is 23.1 Å². The normalized spacial score (nSPS) is 16.5. The fraction of sp³-hybridized carbons (Fsp3) is 0.476. The Labute approximate surface area is 180 Å². The lowest BCUT2D eigenvalue weighted by Crippen LogP contribution is -2.40. The highest BCUT2D eigenvalue weighted by Crippen LogP contribution is 2.26. The van der Waals surface area contributed by atoms with E-state index >= 15 is 0 Å². The van der Waals surface area contributed by atoms with E-state index in [1.165, 1.54) is 29.5 Å². The van der Waals surface area contributed by atoms with Gasteiger partial charge in [0.1, 0.15) is 5.75 Å². The number of nitrogens with zero attached hydrogens (tertiary/aromatic N) is 2. The summed E-state index contributed by atoms with van der Waals surface area (Å²) in [5, 5.41) is 5.30. The third-order valence-electron chi connectivity index (χ3n) is 4.68. The maximum atomic E-state index is 12.3. The number of carbonyl (C=O) groups excluding carboxylic acids is 2. The van der Waals surface area contributed by atoms with Gasteiger partial charge >= 0.3 is 0 Å². The van der Waals surface area contributed by atoms with E-state index in [4.69, 9.17) is 4.74 Å². The molecule has 29 heavy (non-hydrogen) atoms. The second-order valence-electron chi connectivity index (χ2n) is 7.12. The highest BCUT2D eigenvalue weighted by molar-refractivity contribution is 8.00. The Morgan fingerprint density at radius 1 is 1.31 bits per heavy atom. The molecule has 6 nitrogen and oxygen atoms in total. The smallest absolute Gasteiger partial charge is 0.236 e. The summed E-state index contributed by atoms with van der Waals surface area (Å²) in [6.07, 6.45) is 2.25. The van der Waals surface area contributed by atoms with Crippen molar-refractivity contribution in [3.05, 3.63) is 29.6 Å². The fourth-order valence-electron chi connectivity index (χ4n) is 3.25. The molecule has 156 valence electrons. The van der Waals surface area contributed by atoms with Crippen molar-refractivity contribution in [2.24, 2.45) is 5.92 Å². The van der Waals surface area contributed by atoms with E-state index in [1.807, 2.05) is 41.5 Å². The van der Waals surface area contributed by atoms with Gasteiger partial charge in [-0.1, -0.05) is 6.92 Å². The van der Waals surface area contributed by atoms with Crippen molar-refractivity contribution in [3.8, 4) is 17.0 Å². The standard InChI is InChI=1S/C21H27N3O3S2/c1-3-27-17-8-6-16(7-9-17)18-12-29-21(22-18)23-19(25)13-28-14-20(26)24-10-4-5-15(2)11-24/h6-9,12,15H,3-5,10-11,13-14H2,1-2H3,(H,22,23,25). The highest BCUT2D eigenvalue weighted by Gasteiger charge is 2.21. The van der Waals surface area contributed by atoms with Crippen LogP contribution in [0, 0.1) is 5.92 Å². The second kappa shape index (κ2) is 10.6. The molecule has 2 amide bonds. The minimum Gasteiger partial charge on any atom is -0.494 e. The molecule has 0 aliphatic carbocycles. The number of thioether (sulfide) groups is 1. The Hall–Kier alpha value is -2.06. The Morgan fingerprint density at radius 2 is 2.10 bits per heavy atom. The van der Waals surface area contributed by atoms with Crippen LogP contribution >= 0.6 is 23.1 Å². The van der Waals surface area contributed by atoms with Crippen LogP contribution in [-0.4, -0.2) is 52.9 Å². The van der Waals surface area contributed by atoms with Crippen molar-refractivity contribution in [1.82, 2.24) is 9.88 Å². The molecule has 1 aromatic heterocycles. The van der Waals surface area contributed by atoms with Gasteiger partial charge < -0.3 is 15.0 Å². The van der Waals surface area contributed by atoms with Gasteiger partial charge in [-0.3, -0.25) is 9.59 Å². The van der Waals surface area contributed by atoms with Crippen LogP contribution < -0.4 is 10.1 Å². The topological polar surface area (TPSA) is 71.5 Å². The molecular weight excluding hydrogens is 406 g/mol. The number of hydrogen-bond donors (Lipinski definition) is 1. The molecule has 1 unspecified atom stereocenters. The number of thiazole rings is 1. The second-order valence-corrected chi connectivity index (χ2v) is 8.97. The first-order valence-electron chi connectivity index (χ1n) is 9.89. The van der Waals surface area contributed by atoms with E-state index in [1.54, 1.807) is 0 Å². The first-order valence-corrected chi connectivity index (χ1v) is 11.9. The largest absolute Gasteiger partial charge is 0.494 e. The third kappa shape index (κ3) is 6.47. The van der Waals surface area contributed by atoms with E-state index in [0.29, 0.717) is 23.4 Å². The fourth-order valence-corrected chi connectivity index (χ4v) is 4.70. The molecule has 8 heteroatoms. The highest BCUT2D eigenvalue weighted by atomic mass is 32.2. The summed E-state index contributed by atoms with van der Waals surface area (Å²) in [4.78, 5) is 30.8. The molecule has 0 bridgehead atoms. The molecule has 0 radical (unpaired) electrons. The number of carbonyl (C=O) groups is 2. The van der Waals surface area contributed by atoms with Gasteiger partial charge in [0.15, 0.2) is 5.13 Å². The van der Waals surface area contributed by atoms with E-state index in [2.05, 4.69) is 17.2 Å². The van der Waals surface area contributed by atoms with E-state index in [0.717, 1.165) is 36.5 Å². The first kappa shape index (κ1) is 21.6. The average Bonchev–Trinajstić information content (AvgIpc) is 3.17. The summed E-state index contributed by atoms with van der Waals surface area (Å²) >= 11 is 2.74. The summed E-state index contributed by atoms with van der Waals surface area (Å²) in [5.74, 6) is 1.97. The Kier molecular flexibility index (Phi) is 7.94. The van der Waals surface area contributed by atoms with Gasteiger partial charge in [0, 0.05) is 24.0 Å². The van der Waals surface area contributed by atoms with Crippen LogP contribution in [0.1, 0.15) is 26.7 Å². The number of aromatic nitrogens is 1. The number of rotatable bonds is 8. The zero-order valence-electron chi connectivity index (χ0n) is 16.8. The maximum absolute atomic E-state index is 12.3. The van der Waals surface area contributed by atoms with E-state index < -0.39 is 0 Å². The van der Waals surface area contributed by atoms with Gasteiger partial charge in [-0.05, 0) is 49.9 Å². The molecule has 1 fully saturated rings. The number of piperidine rings is 1. The quantitative estimate of drug-likeness (QED) is 0.677. The zero-order valence-corrected chi connectivity index (χ0v) is 18.5. The van der Waals surface area contributed by atoms with Crippen molar-refractivity contribution in [3.63, 3.8) is 0 Å². The zero-order chi connectivity index (χ0) is 20.6. The van der Waals surface area contributed by atoms with Crippen LogP contribution in [0.3, 0.4) is 0 Å². The monoisotopic (exact) mass is 433 g/mol. The predicted molar refractivity (Wildman–Crippen MR) is 120 cm³/mol.